The predicted octanol–water partition coefficient (Wildman–Crippen LogP) is 1.67. The molecule has 0 aliphatic rings. The zero-order valence-electron chi connectivity index (χ0n) is 9.63. The van der Waals surface area contributed by atoms with Crippen molar-refractivity contribution in [2.24, 2.45) is 5.84 Å². The molecule has 4 N–H and O–H groups in total. The van der Waals surface area contributed by atoms with Gasteiger partial charge in [-0.2, -0.15) is 0 Å². The lowest BCUT2D eigenvalue weighted by Gasteiger charge is -2.09. The molecule has 0 unspecified atom stereocenters. The first-order valence-corrected chi connectivity index (χ1v) is 8.28. The van der Waals surface area contributed by atoms with Crippen molar-refractivity contribution in [1.82, 2.24) is 9.71 Å². The van der Waals surface area contributed by atoms with Crippen LogP contribution in [0, 0.1) is 0 Å². The number of nitrogens with one attached hydrogen (secondary N) is 2. The second kappa shape index (κ2) is 5.97. The summed E-state index contributed by atoms with van der Waals surface area (Å²) in [4.78, 5) is 4.79. The fourth-order valence-corrected chi connectivity index (χ4v) is 4.05. The van der Waals surface area contributed by atoms with Crippen molar-refractivity contribution < 1.29 is 8.42 Å². The Labute approximate surface area is 123 Å². The Morgan fingerprint density at radius 3 is 2.79 bits per heavy atom. The lowest BCUT2D eigenvalue weighted by molar-refractivity contribution is 0.581. The fourth-order valence-electron chi connectivity index (χ4n) is 1.41. The van der Waals surface area contributed by atoms with Gasteiger partial charge in [0.1, 0.15) is 4.90 Å². The molecule has 6 nitrogen and oxygen atoms in total. The number of nitrogens with zero attached hydrogens (tertiary/aromatic N) is 1. The Bertz CT molecular complexity index is 672. The van der Waals surface area contributed by atoms with Gasteiger partial charge in [0, 0.05) is 17.6 Å². The third kappa shape index (κ3) is 3.51. The smallest absolute Gasteiger partial charge is 0.244 e. The Morgan fingerprint density at radius 1 is 1.37 bits per heavy atom. The number of nitrogens with two attached hydrogens (primary N) is 1. The summed E-state index contributed by atoms with van der Waals surface area (Å²) in [5, 5.41) is 0. The normalized spacial score (nSPS) is 11.5. The molecule has 102 valence electrons. The number of pyridine rings is 1. The Balaban J connectivity index is 2.18. The van der Waals surface area contributed by atoms with Gasteiger partial charge in [0.25, 0.3) is 0 Å². The van der Waals surface area contributed by atoms with Crippen LogP contribution in [0.5, 0.6) is 0 Å². The fraction of sp³-hybridized carbons (Fsp3) is 0.100. The van der Waals surface area contributed by atoms with Gasteiger partial charge < -0.3 is 5.43 Å². The first-order valence-electron chi connectivity index (χ1n) is 5.18. The van der Waals surface area contributed by atoms with Crippen LogP contribution in [0.3, 0.4) is 0 Å². The zero-order valence-corrected chi connectivity index (χ0v) is 12.8. The van der Waals surface area contributed by atoms with Crippen LogP contribution in [-0.2, 0) is 16.6 Å². The van der Waals surface area contributed by atoms with Gasteiger partial charge in [-0.05, 0) is 40.2 Å². The van der Waals surface area contributed by atoms with Gasteiger partial charge >= 0.3 is 0 Å². The highest BCUT2D eigenvalue weighted by molar-refractivity contribution is 9.11. The minimum atomic E-state index is -3.66. The van der Waals surface area contributed by atoms with Gasteiger partial charge in [-0.1, -0.05) is 0 Å². The van der Waals surface area contributed by atoms with E-state index in [0.29, 0.717) is 0 Å². The van der Waals surface area contributed by atoms with E-state index in [1.807, 2.05) is 12.1 Å². The van der Waals surface area contributed by atoms with Crippen molar-refractivity contribution in [3.05, 3.63) is 39.1 Å². The molecule has 0 saturated heterocycles. The second-order valence-electron chi connectivity index (χ2n) is 3.52. The number of rotatable bonds is 5. The van der Waals surface area contributed by atoms with Crippen LogP contribution in [0.4, 0.5) is 5.82 Å². The maximum absolute atomic E-state index is 12.1. The van der Waals surface area contributed by atoms with Crippen LogP contribution < -0.4 is 16.0 Å². The molecule has 0 aromatic carbocycles. The van der Waals surface area contributed by atoms with E-state index in [0.717, 1.165) is 8.66 Å². The highest BCUT2D eigenvalue weighted by Crippen LogP contribution is 2.23. The van der Waals surface area contributed by atoms with Crippen molar-refractivity contribution in [2.45, 2.75) is 11.4 Å². The van der Waals surface area contributed by atoms with E-state index >= 15 is 0 Å². The molecule has 2 aromatic heterocycles. The molecule has 0 fully saturated rings. The summed E-state index contributed by atoms with van der Waals surface area (Å²) in [5.41, 5.74) is 2.27. The first kappa shape index (κ1) is 14.4. The van der Waals surface area contributed by atoms with Gasteiger partial charge in [0.15, 0.2) is 5.82 Å². The molecule has 19 heavy (non-hydrogen) atoms. The lowest BCUT2D eigenvalue weighted by Crippen LogP contribution is -2.25. The van der Waals surface area contributed by atoms with E-state index in [-0.39, 0.29) is 17.3 Å². The quantitative estimate of drug-likeness (QED) is 0.555. The third-order valence-corrected chi connectivity index (χ3v) is 5.32. The second-order valence-corrected chi connectivity index (χ2v) is 7.81. The SMILES string of the molecule is NNc1ncccc1S(=O)(=O)NCc1ccc(Br)s1. The van der Waals surface area contributed by atoms with E-state index in [9.17, 15) is 8.42 Å². The van der Waals surface area contributed by atoms with Crippen molar-refractivity contribution in [3.63, 3.8) is 0 Å². The van der Waals surface area contributed by atoms with Crippen LogP contribution in [-0.4, -0.2) is 13.4 Å². The molecule has 2 heterocycles. The van der Waals surface area contributed by atoms with E-state index in [1.165, 1.54) is 29.7 Å². The minimum absolute atomic E-state index is 0.0214. The highest BCUT2D eigenvalue weighted by Gasteiger charge is 2.18. The molecule has 0 aliphatic carbocycles. The molecule has 0 aliphatic heterocycles. The average Bonchev–Trinajstić information content (AvgIpc) is 2.82. The maximum atomic E-state index is 12.1. The molecule has 0 saturated carbocycles. The summed E-state index contributed by atoms with van der Waals surface area (Å²) < 4.78 is 27.7. The number of hydrogen-bond donors (Lipinski definition) is 3. The molecule has 9 heteroatoms. The van der Waals surface area contributed by atoms with E-state index in [1.54, 1.807) is 0 Å². The number of aromatic nitrogens is 1. The molecular formula is C10H11BrN4O2S2. The number of halogens is 1. The predicted molar refractivity (Wildman–Crippen MR) is 78.1 cm³/mol. The topological polar surface area (TPSA) is 97.1 Å². The minimum Gasteiger partial charge on any atom is -0.307 e. The van der Waals surface area contributed by atoms with E-state index in [4.69, 9.17) is 5.84 Å². The number of nitrogen functional groups attached to an aromatic ring is 1. The van der Waals surface area contributed by atoms with Gasteiger partial charge in [-0.25, -0.2) is 24.0 Å². The largest absolute Gasteiger partial charge is 0.307 e. The lowest BCUT2D eigenvalue weighted by atomic mass is 10.5. The van der Waals surface area contributed by atoms with Gasteiger partial charge in [0.05, 0.1) is 3.79 Å². The molecule has 0 spiro atoms. The van der Waals surface area contributed by atoms with Crippen molar-refractivity contribution in [3.8, 4) is 0 Å². The molecule has 2 rings (SSSR count). The summed E-state index contributed by atoms with van der Waals surface area (Å²) >= 11 is 4.79. The first-order chi connectivity index (χ1) is 9.03. The maximum Gasteiger partial charge on any atom is 0.244 e. The summed E-state index contributed by atoms with van der Waals surface area (Å²) in [6, 6.07) is 6.69. The third-order valence-electron chi connectivity index (χ3n) is 2.26. The standard InChI is InChI=1S/C10H11BrN4O2S2/c11-9-4-3-7(18-9)6-14-19(16,17)8-2-1-5-13-10(8)15-12/h1-5,14H,6,12H2,(H,13,15). The summed E-state index contributed by atoms with van der Waals surface area (Å²) in [7, 11) is -3.66. The van der Waals surface area contributed by atoms with Crippen molar-refractivity contribution in [1.29, 1.82) is 0 Å². The van der Waals surface area contributed by atoms with E-state index in [2.05, 4.69) is 31.1 Å². The van der Waals surface area contributed by atoms with Crippen LogP contribution >= 0.6 is 27.3 Å². The highest BCUT2D eigenvalue weighted by atomic mass is 79.9. The van der Waals surface area contributed by atoms with Crippen molar-refractivity contribution in [2.75, 3.05) is 5.43 Å². The summed E-state index contributed by atoms with van der Waals surface area (Å²) in [6.45, 7) is 0.220. The van der Waals surface area contributed by atoms with Crippen molar-refractivity contribution >= 4 is 43.1 Å². The van der Waals surface area contributed by atoms with E-state index < -0.39 is 10.0 Å². The molecular weight excluding hydrogens is 352 g/mol. The Morgan fingerprint density at radius 2 is 2.16 bits per heavy atom. The summed E-state index contributed by atoms with van der Waals surface area (Å²) in [6.07, 6.45) is 1.46. The number of sulfonamides is 1. The Hall–Kier alpha value is -1.000. The van der Waals surface area contributed by atoms with Crippen LogP contribution in [0.25, 0.3) is 0 Å². The average molecular weight is 363 g/mol. The molecule has 0 radical (unpaired) electrons. The van der Waals surface area contributed by atoms with Crippen LogP contribution in [0.15, 0.2) is 39.1 Å². The van der Waals surface area contributed by atoms with Gasteiger partial charge in [-0.15, -0.1) is 11.3 Å². The zero-order chi connectivity index (χ0) is 13.9. The number of anilines is 1. The molecule has 0 amide bonds. The molecule has 2 aromatic rings. The number of hydrogen-bond acceptors (Lipinski definition) is 6. The monoisotopic (exact) mass is 362 g/mol. The Kier molecular flexibility index (Phi) is 4.53. The van der Waals surface area contributed by atoms with Crippen LogP contribution in [0.1, 0.15) is 4.88 Å². The number of hydrazine groups is 1. The van der Waals surface area contributed by atoms with Crippen LogP contribution in [0.2, 0.25) is 0 Å². The number of thiophene rings is 1. The van der Waals surface area contributed by atoms with Gasteiger partial charge in [-0.3, -0.25) is 0 Å². The molecule has 0 bridgehead atoms. The summed E-state index contributed by atoms with van der Waals surface area (Å²) in [5.74, 6) is 5.36. The van der Waals surface area contributed by atoms with Gasteiger partial charge in [0.2, 0.25) is 10.0 Å². The molecule has 0 atom stereocenters.